The average molecular weight is 428 g/mol. The molecule has 1 aromatic heterocycles. The minimum absolute atomic E-state index is 0.306. The lowest BCUT2D eigenvalue weighted by molar-refractivity contribution is -0.120. The lowest BCUT2D eigenvalue weighted by atomic mass is 10.3. The maximum absolute atomic E-state index is 10.5. The van der Waals surface area contributed by atoms with E-state index in [2.05, 4.69) is 30.9 Å². The van der Waals surface area contributed by atoms with Gasteiger partial charge in [-0.1, -0.05) is 0 Å². The van der Waals surface area contributed by atoms with Crippen molar-refractivity contribution in [3.05, 3.63) is 72.8 Å². The second-order valence-corrected chi connectivity index (χ2v) is 6.66. The SMILES string of the molecule is Nc1ccc(Nc2nc(Nc3ccc(N)cc3)nc(Nc3ccc(OC=O)cc3)n2)cc1. The van der Waals surface area contributed by atoms with E-state index in [1.54, 1.807) is 48.5 Å². The van der Waals surface area contributed by atoms with Crippen LogP contribution < -0.4 is 32.2 Å². The van der Waals surface area contributed by atoms with E-state index in [9.17, 15) is 4.79 Å². The number of anilines is 8. The standard InChI is InChI=1S/C22H20N8O2/c23-14-1-5-16(6-2-14)25-20-28-21(26-17-7-3-15(24)4-8-17)30-22(29-20)27-18-9-11-19(12-10-18)32-13-31/h1-13H,23-24H2,(H3,25,26,27,28,29,30). The highest BCUT2D eigenvalue weighted by Crippen LogP contribution is 2.23. The second kappa shape index (κ2) is 9.30. The van der Waals surface area contributed by atoms with Crippen molar-refractivity contribution in [1.82, 2.24) is 15.0 Å². The molecule has 160 valence electrons. The summed E-state index contributed by atoms with van der Waals surface area (Å²) in [7, 11) is 0. The van der Waals surface area contributed by atoms with Crippen molar-refractivity contribution in [1.29, 1.82) is 0 Å². The number of carbonyl (C=O) groups is 1. The molecule has 0 saturated heterocycles. The zero-order valence-corrected chi connectivity index (χ0v) is 16.8. The first-order chi connectivity index (χ1) is 15.6. The fourth-order valence-electron chi connectivity index (χ4n) is 2.74. The van der Waals surface area contributed by atoms with Crippen LogP contribution in [0.1, 0.15) is 0 Å². The van der Waals surface area contributed by atoms with E-state index in [4.69, 9.17) is 16.2 Å². The van der Waals surface area contributed by atoms with Gasteiger partial charge in [0.2, 0.25) is 17.8 Å². The molecule has 0 bridgehead atoms. The average Bonchev–Trinajstić information content (AvgIpc) is 2.78. The van der Waals surface area contributed by atoms with Crippen LogP contribution in [-0.4, -0.2) is 21.4 Å². The molecule has 0 spiro atoms. The van der Waals surface area contributed by atoms with Crippen LogP contribution in [0.15, 0.2) is 72.8 Å². The number of carbonyl (C=O) groups excluding carboxylic acids is 1. The van der Waals surface area contributed by atoms with E-state index in [1.165, 1.54) is 0 Å². The number of benzene rings is 3. The van der Waals surface area contributed by atoms with Crippen LogP contribution in [-0.2, 0) is 4.79 Å². The Balaban J connectivity index is 1.61. The molecule has 0 radical (unpaired) electrons. The number of hydrogen-bond acceptors (Lipinski definition) is 10. The van der Waals surface area contributed by atoms with Gasteiger partial charge < -0.3 is 32.2 Å². The third-order valence-electron chi connectivity index (χ3n) is 4.26. The zero-order valence-electron chi connectivity index (χ0n) is 16.8. The minimum Gasteiger partial charge on any atom is -0.429 e. The van der Waals surface area contributed by atoms with Crippen molar-refractivity contribution in [2.24, 2.45) is 0 Å². The molecule has 0 aliphatic carbocycles. The molecular formula is C22H20N8O2. The quantitative estimate of drug-likeness (QED) is 0.207. The zero-order chi connectivity index (χ0) is 22.3. The van der Waals surface area contributed by atoms with Gasteiger partial charge in [-0.05, 0) is 72.8 Å². The molecule has 0 unspecified atom stereocenters. The van der Waals surface area contributed by atoms with Crippen molar-refractivity contribution >= 4 is 52.8 Å². The molecule has 0 aliphatic rings. The number of rotatable bonds is 8. The molecule has 0 atom stereocenters. The molecule has 10 nitrogen and oxygen atoms in total. The monoisotopic (exact) mass is 428 g/mol. The Labute approximate surface area is 183 Å². The Bertz CT molecular complexity index is 1130. The highest BCUT2D eigenvalue weighted by Gasteiger charge is 2.09. The molecule has 4 rings (SSSR count). The van der Waals surface area contributed by atoms with Crippen LogP contribution in [0, 0.1) is 0 Å². The summed E-state index contributed by atoms with van der Waals surface area (Å²) in [6, 6.07) is 21.2. The van der Waals surface area contributed by atoms with Gasteiger partial charge in [0.05, 0.1) is 0 Å². The largest absolute Gasteiger partial charge is 0.429 e. The summed E-state index contributed by atoms with van der Waals surface area (Å²) in [5.74, 6) is 1.38. The van der Waals surface area contributed by atoms with Crippen LogP contribution >= 0.6 is 0 Å². The molecule has 32 heavy (non-hydrogen) atoms. The predicted octanol–water partition coefficient (Wildman–Crippen LogP) is 3.80. The lowest BCUT2D eigenvalue weighted by Gasteiger charge is -2.12. The van der Waals surface area contributed by atoms with E-state index in [0.29, 0.717) is 47.1 Å². The van der Waals surface area contributed by atoms with Crippen molar-refractivity contribution in [2.75, 3.05) is 27.4 Å². The smallest absolute Gasteiger partial charge is 0.298 e. The van der Waals surface area contributed by atoms with Gasteiger partial charge in [-0.3, -0.25) is 4.79 Å². The summed E-state index contributed by atoms with van der Waals surface area (Å²) < 4.78 is 4.81. The summed E-state index contributed by atoms with van der Waals surface area (Å²) in [5, 5.41) is 9.40. The highest BCUT2D eigenvalue weighted by molar-refractivity contribution is 5.64. The van der Waals surface area contributed by atoms with Crippen LogP contribution in [0.3, 0.4) is 0 Å². The third-order valence-corrected chi connectivity index (χ3v) is 4.26. The minimum atomic E-state index is 0.306. The van der Waals surface area contributed by atoms with Gasteiger partial charge in [0.1, 0.15) is 5.75 Å². The Hall–Kier alpha value is -4.86. The number of aromatic nitrogens is 3. The Morgan fingerprint density at radius 1 is 0.594 bits per heavy atom. The number of hydrogen-bond donors (Lipinski definition) is 5. The summed E-state index contributed by atoms with van der Waals surface area (Å²) in [6.07, 6.45) is 0. The molecule has 0 fully saturated rings. The summed E-state index contributed by atoms with van der Waals surface area (Å²) in [5.41, 5.74) is 15.1. The molecule has 0 saturated carbocycles. The van der Waals surface area contributed by atoms with Crippen molar-refractivity contribution < 1.29 is 9.53 Å². The van der Waals surface area contributed by atoms with Crippen LogP contribution in [0.5, 0.6) is 5.75 Å². The Kier molecular flexibility index (Phi) is 5.94. The number of ether oxygens (including phenoxy) is 1. The molecule has 0 amide bonds. The highest BCUT2D eigenvalue weighted by atomic mass is 16.5. The van der Waals surface area contributed by atoms with Gasteiger partial charge in [0, 0.05) is 28.4 Å². The van der Waals surface area contributed by atoms with E-state index >= 15 is 0 Å². The van der Waals surface area contributed by atoms with Crippen LogP contribution in [0.2, 0.25) is 0 Å². The third kappa shape index (κ3) is 5.39. The Morgan fingerprint density at radius 2 is 0.938 bits per heavy atom. The molecule has 10 heteroatoms. The van der Waals surface area contributed by atoms with Gasteiger partial charge in [-0.25, -0.2) is 0 Å². The molecule has 7 N–H and O–H groups in total. The van der Waals surface area contributed by atoms with Gasteiger partial charge in [0.15, 0.2) is 0 Å². The van der Waals surface area contributed by atoms with Crippen LogP contribution in [0.4, 0.5) is 46.3 Å². The first kappa shape index (κ1) is 20.4. The molecular weight excluding hydrogens is 408 g/mol. The van der Waals surface area contributed by atoms with Crippen molar-refractivity contribution in [2.45, 2.75) is 0 Å². The normalized spacial score (nSPS) is 10.2. The molecule has 1 heterocycles. The second-order valence-electron chi connectivity index (χ2n) is 6.66. The first-order valence-electron chi connectivity index (χ1n) is 9.56. The number of nitrogens with zero attached hydrogens (tertiary/aromatic N) is 3. The summed E-state index contributed by atoms with van der Waals surface area (Å²) in [6.45, 7) is 0.374. The molecule has 0 aliphatic heterocycles. The lowest BCUT2D eigenvalue weighted by Crippen LogP contribution is -2.07. The van der Waals surface area contributed by atoms with Crippen molar-refractivity contribution in [3.8, 4) is 5.75 Å². The first-order valence-corrected chi connectivity index (χ1v) is 9.56. The summed E-state index contributed by atoms with van der Waals surface area (Å²) >= 11 is 0. The van der Waals surface area contributed by atoms with Gasteiger partial charge in [-0.15, -0.1) is 0 Å². The van der Waals surface area contributed by atoms with E-state index in [-0.39, 0.29) is 0 Å². The van der Waals surface area contributed by atoms with Gasteiger partial charge in [0.25, 0.3) is 6.47 Å². The fourth-order valence-corrected chi connectivity index (χ4v) is 2.74. The number of nitrogens with two attached hydrogens (primary N) is 2. The van der Waals surface area contributed by atoms with E-state index in [0.717, 1.165) is 11.4 Å². The maximum atomic E-state index is 10.5. The Morgan fingerprint density at radius 3 is 1.28 bits per heavy atom. The van der Waals surface area contributed by atoms with Gasteiger partial charge in [-0.2, -0.15) is 15.0 Å². The summed E-state index contributed by atoms with van der Waals surface area (Å²) in [4.78, 5) is 23.8. The van der Waals surface area contributed by atoms with Crippen LogP contribution in [0.25, 0.3) is 0 Å². The topological polar surface area (TPSA) is 153 Å². The van der Waals surface area contributed by atoms with E-state index in [1.807, 2.05) is 24.3 Å². The maximum Gasteiger partial charge on any atom is 0.298 e. The molecule has 4 aromatic rings. The van der Waals surface area contributed by atoms with Gasteiger partial charge >= 0.3 is 0 Å². The van der Waals surface area contributed by atoms with Crippen molar-refractivity contribution in [3.63, 3.8) is 0 Å². The fraction of sp³-hybridized carbons (Fsp3) is 0. The van der Waals surface area contributed by atoms with E-state index < -0.39 is 0 Å². The number of nitrogen functional groups attached to an aromatic ring is 2. The number of nitrogens with one attached hydrogen (secondary N) is 3. The molecule has 3 aromatic carbocycles. The predicted molar refractivity (Wildman–Crippen MR) is 125 cm³/mol.